The number of nitrogens with one attached hydrogen (secondary N) is 2. The fourth-order valence-corrected chi connectivity index (χ4v) is 1.08. The van der Waals surface area contributed by atoms with Crippen LogP contribution in [0.2, 0.25) is 0 Å². The molecule has 6 nitrogen and oxygen atoms in total. The number of carboxylic acids is 1. The van der Waals surface area contributed by atoms with Crippen molar-refractivity contribution < 1.29 is 14.7 Å². The van der Waals surface area contributed by atoms with E-state index < -0.39 is 12.0 Å². The summed E-state index contributed by atoms with van der Waals surface area (Å²) in [7, 11) is 0. The Labute approximate surface area is 86.9 Å². The van der Waals surface area contributed by atoms with E-state index in [-0.39, 0.29) is 12.5 Å². The molecule has 0 saturated carbocycles. The van der Waals surface area contributed by atoms with Gasteiger partial charge in [0, 0.05) is 19.3 Å². The highest BCUT2D eigenvalue weighted by Gasteiger charge is 2.17. The molecule has 1 unspecified atom stereocenters. The third-order valence-electron chi connectivity index (χ3n) is 1.76. The first-order valence-corrected chi connectivity index (χ1v) is 4.46. The lowest BCUT2D eigenvalue weighted by Crippen LogP contribution is -2.45. The molecule has 1 aromatic rings. The van der Waals surface area contributed by atoms with E-state index in [0.717, 1.165) is 0 Å². The Morgan fingerprint density at radius 2 is 2.00 bits per heavy atom. The van der Waals surface area contributed by atoms with Crippen molar-refractivity contribution in [2.45, 2.75) is 13.0 Å². The summed E-state index contributed by atoms with van der Waals surface area (Å²) in [4.78, 5) is 21.4. The average molecular weight is 211 g/mol. The first-order valence-electron chi connectivity index (χ1n) is 4.46. The van der Waals surface area contributed by atoms with Gasteiger partial charge in [0.1, 0.15) is 6.04 Å². The lowest BCUT2D eigenvalue weighted by Gasteiger charge is -2.15. The van der Waals surface area contributed by atoms with Crippen LogP contribution in [-0.4, -0.2) is 34.2 Å². The van der Waals surface area contributed by atoms with Crippen LogP contribution < -0.4 is 10.7 Å². The molecular formula is C9H13N3O3. The summed E-state index contributed by atoms with van der Waals surface area (Å²) >= 11 is 0. The number of rotatable bonds is 5. The van der Waals surface area contributed by atoms with Crippen LogP contribution in [0.25, 0.3) is 0 Å². The molecule has 1 amide bonds. The Balaban J connectivity index is 2.45. The number of aromatic nitrogens is 1. The third-order valence-corrected chi connectivity index (χ3v) is 1.76. The lowest BCUT2D eigenvalue weighted by molar-refractivity contribution is -0.141. The van der Waals surface area contributed by atoms with Crippen molar-refractivity contribution in [3.63, 3.8) is 0 Å². The summed E-state index contributed by atoms with van der Waals surface area (Å²) in [6.45, 7) is 1.41. The van der Waals surface area contributed by atoms with Crippen LogP contribution in [0.4, 0.5) is 0 Å². The minimum absolute atomic E-state index is 0.129. The summed E-state index contributed by atoms with van der Waals surface area (Å²) in [5.74, 6) is -1.43. The van der Waals surface area contributed by atoms with E-state index in [0.29, 0.717) is 0 Å². The first kappa shape index (κ1) is 11.1. The predicted octanol–water partition coefficient (Wildman–Crippen LogP) is -0.379. The molecule has 0 saturated heterocycles. The number of amides is 1. The lowest BCUT2D eigenvalue weighted by atomic mass is 10.3. The molecule has 1 heterocycles. The number of nitrogens with zero attached hydrogens (tertiary/aromatic N) is 1. The topological polar surface area (TPSA) is 83.4 Å². The van der Waals surface area contributed by atoms with E-state index in [1.54, 1.807) is 29.2 Å². The third kappa shape index (κ3) is 3.72. The molecule has 1 atom stereocenters. The fraction of sp³-hybridized carbons (Fsp3) is 0.333. The van der Waals surface area contributed by atoms with Crippen molar-refractivity contribution in [1.29, 1.82) is 0 Å². The number of aliphatic carboxylic acids is 1. The van der Waals surface area contributed by atoms with Gasteiger partial charge in [-0.05, 0) is 12.1 Å². The summed E-state index contributed by atoms with van der Waals surface area (Å²) in [5.41, 5.74) is 2.83. The van der Waals surface area contributed by atoms with E-state index in [9.17, 15) is 9.59 Å². The monoisotopic (exact) mass is 211 g/mol. The van der Waals surface area contributed by atoms with Crippen LogP contribution in [0.1, 0.15) is 6.92 Å². The number of carbonyl (C=O) groups excluding carboxylic acids is 1. The highest BCUT2D eigenvalue weighted by molar-refractivity contribution is 5.82. The molecule has 3 N–H and O–H groups in total. The van der Waals surface area contributed by atoms with E-state index in [2.05, 4.69) is 10.7 Å². The van der Waals surface area contributed by atoms with Crippen molar-refractivity contribution >= 4 is 11.9 Å². The molecule has 0 aliphatic carbocycles. The molecule has 0 aliphatic rings. The van der Waals surface area contributed by atoms with Gasteiger partial charge in [-0.25, -0.2) is 4.79 Å². The van der Waals surface area contributed by atoms with Crippen LogP contribution in [0.3, 0.4) is 0 Å². The largest absolute Gasteiger partial charge is 0.480 e. The summed E-state index contributed by atoms with van der Waals surface area (Å²) in [6, 6.07) is 2.69. The smallest absolute Gasteiger partial charge is 0.328 e. The fourth-order valence-electron chi connectivity index (χ4n) is 1.08. The Bertz CT molecular complexity index is 334. The maximum absolute atomic E-state index is 10.7. The highest BCUT2D eigenvalue weighted by Crippen LogP contribution is 1.88. The van der Waals surface area contributed by atoms with Gasteiger partial charge in [0.05, 0.1) is 6.54 Å². The van der Waals surface area contributed by atoms with Gasteiger partial charge in [0.15, 0.2) is 0 Å². The zero-order valence-corrected chi connectivity index (χ0v) is 8.30. The molecule has 6 heteroatoms. The second-order valence-electron chi connectivity index (χ2n) is 3.04. The number of carbonyl (C=O) groups is 2. The molecule has 15 heavy (non-hydrogen) atoms. The van der Waals surface area contributed by atoms with E-state index in [1.165, 1.54) is 6.92 Å². The van der Waals surface area contributed by atoms with Crippen molar-refractivity contribution in [2.75, 3.05) is 12.0 Å². The molecule has 1 rings (SSSR count). The number of carboxylic acid groups (broad SMARTS) is 1. The van der Waals surface area contributed by atoms with Crippen molar-refractivity contribution in [2.24, 2.45) is 0 Å². The average Bonchev–Trinajstić information content (AvgIpc) is 2.63. The molecular weight excluding hydrogens is 198 g/mol. The maximum Gasteiger partial charge on any atom is 0.328 e. The van der Waals surface area contributed by atoms with Crippen LogP contribution in [0.15, 0.2) is 24.5 Å². The summed E-state index contributed by atoms with van der Waals surface area (Å²) in [5, 5.41) is 11.1. The maximum atomic E-state index is 10.7. The van der Waals surface area contributed by atoms with Crippen LogP contribution in [0.5, 0.6) is 0 Å². The summed E-state index contributed by atoms with van der Waals surface area (Å²) in [6.07, 6.45) is 3.49. The highest BCUT2D eigenvalue weighted by atomic mass is 16.4. The van der Waals surface area contributed by atoms with Crippen molar-refractivity contribution in [3.05, 3.63) is 24.5 Å². The standard InChI is InChI=1S/C9H13N3O3/c1-7(13)11-8(9(14)15)6-10-12-4-2-3-5-12/h2-5,8,10H,6H2,1H3,(H,11,13)(H,14,15). The van der Waals surface area contributed by atoms with Crippen LogP contribution in [-0.2, 0) is 9.59 Å². The number of hydrogen-bond donors (Lipinski definition) is 3. The Kier molecular flexibility index (Phi) is 3.73. The van der Waals surface area contributed by atoms with Crippen molar-refractivity contribution in [3.8, 4) is 0 Å². The van der Waals surface area contributed by atoms with Gasteiger partial charge < -0.3 is 15.8 Å². The molecule has 0 fully saturated rings. The van der Waals surface area contributed by atoms with Gasteiger partial charge in [0.2, 0.25) is 5.91 Å². The van der Waals surface area contributed by atoms with Crippen LogP contribution >= 0.6 is 0 Å². The molecule has 0 aromatic carbocycles. The first-order chi connectivity index (χ1) is 7.09. The molecule has 0 aliphatic heterocycles. The van der Waals surface area contributed by atoms with E-state index in [4.69, 9.17) is 5.11 Å². The van der Waals surface area contributed by atoms with Gasteiger partial charge in [-0.1, -0.05) is 0 Å². The quantitative estimate of drug-likeness (QED) is 0.620. The van der Waals surface area contributed by atoms with Crippen molar-refractivity contribution in [1.82, 2.24) is 9.99 Å². The normalized spacial score (nSPS) is 11.8. The minimum atomic E-state index is -1.06. The van der Waals surface area contributed by atoms with Gasteiger partial charge in [0.25, 0.3) is 0 Å². The minimum Gasteiger partial charge on any atom is -0.480 e. The second-order valence-corrected chi connectivity index (χ2v) is 3.04. The van der Waals surface area contributed by atoms with Gasteiger partial charge in [-0.3, -0.25) is 9.47 Å². The Hall–Kier alpha value is -1.98. The SMILES string of the molecule is CC(=O)NC(CNn1cccc1)C(=O)O. The van der Waals surface area contributed by atoms with Gasteiger partial charge in [-0.2, -0.15) is 0 Å². The molecule has 0 bridgehead atoms. The van der Waals surface area contributed by atoms with E-state index >= 15 is 0 Å². The molecule has 1 aromatic heterocycles. The van der Waals surface area contributed by atoms with Gasteiger partial charge in [-0.15, -0.1) is 0 Å². The van der Waals surface area contributed by atoms with E-state index in [1.807, 2.05) is 0 Å². The number of hydrogen-bond acceptors (Lipinski definition) is 3. The Morgan fingerprint density at radius 3 is 2.47 bits per heavy atom. The van der Waals surface area contributed by atoms with Gasteiger partial charge >= 0.3 is 5.97 Å². The zero-order valence-electron chi connectivity index (χ0n) is 8.30. The molecule has 0 spiro atoms. The zero-order chi connectivity index (χ0) is 11.3. The second kappa shape index (κ2) is 5.04. The predicted molar refractivity (Wildman–Crippen MR) is 53.9 cm³/mol. The Morgan fingerprint density at radius 1 is 1.40 bits per heavy atom. The molecule has 0 radical (unpaired) electrons. The molecule has 82 valence electrons. The van der Waals surface area contributed by atoms with Crippen LogP contribution in [0, 0.1) is 0 Å². The summed E-state index contributed by atoms with van der Waals surface area (Å²) < 4.78 is 1.62.